The first-order valence-electron chi connectivity index (χ1n) is 6.08. The number of nitrogens with zero attached hydrogens (tertiary/aromatic N) is 2. The molecule has 1 aliphatic carbocycles. The Labute approximate surface area is 111 Å². The van der Waals surface area contributed by atoms with Gasteiger partial charge < -0.3 is 10.1 Å². The second-order valence-corrected chi connectivity index (χ2v) is 5.15. The van der Waals surface area contributed by atoms with Crippen LogP contribution >= 0.6 is 11.6 Å². The van der Waals surface area contributed by atoms with Gasteiger partial charge in [0.25, 0.3) is 0 Å². The van der Waals surface area contributed by atoms with Gasteiger partial charge in [0.15, 0.2) is 0 Å². The minimum absolute atomic E-state index is 0.179. The number of nitrogens with one attached hydrogen (secondary N) is 1. The predicted molar refractivity (Wildman–Crippen MR) is 68.5 cm³/mol. The van der Waals surface area contributed by atoms with Crippen LogP contribution in [0.25, 0.3) is 0 Å². The minimum atomic E-state index is -0.601. The maximum atomic E-state index is 12.0. The summed E-state index contributed by atoms with van der Waals surface area (Å²) in [6.07, 6.45) is 6.84. The van der Waals surface area contributed by atoms with E-state index in [2.05, 4.69) is 10.4 Å². The summed E-state index contributed by atoms with van der Waals surface area (Å²) < 4.78 is 6.76. The molecule has 2 rings (SSSR count). The number of hydrogen-bond donors (Lipinski definition) is 1. The molecule has 0 spiro atoms. The van der Waals surface area contributed by atoms with Gasteiger partial charge in [-0.15, -0.1) is 0 Å². The van der Waals surface area contributed by atoms with Crippen LogP contribution in [0.2, 0.25) is 5.02 Å². The van der Waals surface area contributed by atoms with Gasteiger partial charge in [0.1, 0.15) is 5.54 Å². The van der Waals surface area contributed by atoms with Crippen molar-refractivity contribution in [3.05, 3.63) is 17.4 Å². The van der Waals surface area contributed by atoms with Crippen molar-refractivity contribution in [3.8, 4) is 0 Å². The maximum Gasteiger partial charge on any atom is 0.326 e. The molecule has 100 valence electrons. The largest absolute Gasteiger partial charge is 0.468 e. The summed E-state index contributed by atoms with van der Waals surface area (Å²) in [7, 11) is 3.23. The summed E-state index contributed by atoms with van der Waals surface area (Å²) in [5.41, 5.74) is -0.601. The van der Waals surface area contributed by atoms with Gasteiger partial charge in [-0.25, -0.2) is 0 Å². The number of halogens is 1. The minimum Gasteiger partial charge on any atom is -0.468 e. The van der Waals surface area contributed by atoms with Gasteiger partial charge in [0.05, 0.1) is 24.4 Å². The van der Waals surface area contributed by atoms with Crippen molar-refractivity contribution in [1.82, 2.24) is 15.1 Å². The second-order valence-electron chi connectivity index (χ2n) is 4.71. The molecular formula is C12H18ClN3O2. The smallest absolute Gasteiger partial charge is 0.326 e. The molecule has 6 heteroatoms. The molecule has 0 aromatic carbocycles. The third-order valence-electron chi connectivity index (χ3n) is 3.72. The molecule has 0 bridgehead atoms. The summed E-state index contributed by atoms with van der Waals surface area (Å²) in [5.74, 6) is -0.201. The number of methoxy groups -OCH3 is 1. The molecule has 1 N–H and O–H groups in total. The number of carbonyl (C=O) groups is 1. The van der Waals surface area contributed by atoms with Gasteiger partial charge in [0, 0.05) is 6.20 Å². The molecule has 1 aromatic rings. The Morgan fingerprint density at radius 2 is 2.50 bits per heavy atom. The SMILES string of the molecule is CNC1(C(=O)OC)CCCC(n2cc(Cl)cn2)C1. The van der Waals surface area contributed by atoms with Gasteiger partial charge in [0.2, 0.25) is 0 Å². The lowest BCUT2D eigenvalue weighted by Gasteiger charge is -2.38. The van der Waals surface area contributed by atoms with Crippen molar-refractivity contribution in [1.29, 1.82) is 0 Å². The predicted octanol–water partition coefficient (Wildman–Crippen LogP) is 1.78. The lowest BCUT2D eigenvalue weighted by atomic mass is 9.79. The zero-order valence-corrected chi connectivity index (χ0v) is 11.4. The third-order valence-corrected chi connectivity index (χ3v) is 3.92. The Morgan fingerprint density at radius 3 is 3.06 bits per heavy atom. The quantitative estimate of drug-likeness (QED) is 0.852. The van der Waals surface area contributed by atoms with E-state index in [1.165, 1.54) is 7.11 Å². The summed E-state index contributed by atoms with van der Waals surface area (Å²) >= 11 is 5.88. The van der Waals surface area contributed by atoms with Gasteiger partial charge >= 0.3 is 5.97 Å². The van der Waals surface area contributed by atoms with Crippen LogP contribution in [0.1, 0.15) is 31.7 Å². The van der Waals surface area contributed by atoms with Crippen LogP contribution in [0.3, 0.4) is 0 Å². The molecule has 1 fully saturated rings. The Kier molecular flexibility index (Phi) is 3.92. The second kappa shape index (κ2) is 5.28. The Balaban J connectivity index is 2.19. The van der Waals surface area contributed by atoms with E-state index in [0.717, 1.165) is 19.3 Å². The molecule has 2 unspecified atom stereocenters. The van der Waals surface area contributed by atoms with Gasteiger partial charge in [-0.1, -0.05) is 11.6 Å². The van der Waals surface area contributed by atoms with Crippen LogP contribution in [-0.4, -0.2) is 35.4 Å². The topological polar surface area (TPSA) is 56.1 Å². The molecule has 0 radical (unpaired) electrons. The highest BCUT2D eigenvalue weighted by molar-refractivity contribution is 6.30. The highest BCUT2D eigenvalue weighted by Gasteiger charge is 2.43. The van der Waals surface area contributed by atoms with E-state index in [1.54, 1.807) is 19.4 Å². The van der Waals surface area contributed by atoms with Crippen LogP contribution in [0, 0.1) is 0 Å². The Hall–Kier alpha value is -1.07. The van der Waals surface area contributed by atoms with Crippen molar-refractivity contribution >= 4 is 17.6 Å². The number of likely N-dealkylation sites (N-methyl/N-ethyl adjacent to an activating group) is 1. The number of ether oxygens (including phenoxy) is 1. The summed E-state index contributed by atoms with van der Waals surface area (Å²) in [4.78, 5) is 12.0. The average molecular weight is 272 g/mol. The molecular weight excluding hydrogens is 254 g/mol. The Morgan fingerprint density at radius 1 is 1.72 bits per heavy atom. The summed E-state index contributed by atoms with van der Waals surface area (Å²) in [5, 5.41) is 7.97. The zero-order valence-electron chi connectivity index (χ0n) is 10.6. The van der Waals surface area contributed by atoms with Crippen molar-refractivity contribution in [3.63, 3.8) is 0 Å². The van der Waals surface area contributed by atoms with Gasteiger partial charge in [-0.2, -0.15) is 5.10 Å². The van der Waals surface area contributed by atoms with Gasteiger partial charge in [-0.3, -0.25) is 9.48 Å². The van der Waals surface area contributed by atoms with E-state index in [1.807, 2.05) is 4.68 Å². The molecule has 5 nitrogen and oxygen atoms in total. The fourth-order valence-corrected chi connectivity index (χ4v) is 2.84. The first-order valence-corrected chi connectivity index (χ1v) is 6.46. The van der Waals surface area contributed by atoms with Crippen LogP contribution in [0.5, 0.6) is 0 Å². The molecule has 1 saturated carbocycles. The van der Waals surface area contributed by atoms with E-state index in [0.29, 0.717) is 11.4 Å². The molecule has 18 heavy (non-hydrogen) atoms. The van der Waals surface area contributed by atoms with E-state index < -0.39 is 5.54 Å². The van der Waals surface area contributed by atoms with Crippen molar-refractivity contribution in [2.45, 2.75) is 37.3 Å². The molecule has 0 amide bonds. The van der Waals surface area contributed by atoms with E-state index >= 15 is 0 Å². The van der Waals surface area contributed by atoms with Crippen molar-refractivity contribution < 1.29 is 9.53 Å². The molecule has 1 heterocycles. The van der Waals surface area contributed by atoms with E-state index in [9.17, 15) is 4.79 Å². The number of aromatic nitrogens is 2. The number of hydrogen-bond acceptors (Lipinski definition) is 4. The number of rotatable bonds is 3. The monoisotopic (exact) mass is 271 g/mol. The first-order chi connectivity index (χ1) is 8.61. The fraction of sp³-hybridized carbons (Fsp3) is 0.667. The van der Waals surface area contributed by atoms with E-state index in [-0.39, 0.29) is 12.0 Å². The summed E-state index contributed by atoms with van der Waals surface area (Å²) in [6.45, 7) is 0. The first kappa shape index (κ1) is 13.4. The Bertz CT molecular complexity index is 435. The lowest BCUT2D eigenvalue weighted by Crippen LogP contribution is -2.54. The maximum absolute atomic E-state index is 12.0. The average Bonchev–Trinajstić information content (AvgIpc) is 2.84. The lowest BCUT2D eigenvalue weighted by molar-refractivity contribution is -0.150. The van der Waals surface area contributed by atoms with Gasteiger partial charge in [-0.05, 0) is 32.7 Å². The molecule has 0 saturated heterocycles. The third kappa shape index (κ3) is 2.37. The van der Waals surface area contributed by atoms with Crippen LogP contribution < -0.4 is 5.32 Å². The standard InChI is InChI=1S/C12H18ClN3O2/c1-14-12(11(17)18-2)5-3-4-10(6-12)16-8-9(13)7-15-16/h7-8,10,14H,3-6H2,1-2H3. The highest BCUT2D eigenvalue weighted by atomic mass is 35.5. The van der Waals surface area contributed by atoms with Crippen molar-refractivity contribution in [2.75, 3.05) is 14.2 Å². The highest BCUT2D eigenvalue weighted by Crippen LogP contribution is 2.36. The van der Waals surface area contributed by atoms with E-state index in [4.69, 9.17) is 16.3 Å². The summed E-state index contributed by atoms with van der Waals surface area (Å²) in [6, 6.07) is 0.179. The van der Waals surface area contributed by atoms with Crippen LogP contribution in [0.15, 0.2) is 12.4 Å². The molecule has 0 aliphatic heterocycles. The van der Waals surface area contributed by atoms with Crippen LogP contribution in [-0.2, 0) is 9.53 Å². The number of carbonyl (C=O) groups excluding carboxylic acids is 1. The number of esters is 1. The van der Waals surface area contributed by atoms with Crippen LogP contribution in [0.4, 0.5) is 0 Å². The molecule has 1 aromatic heterocycles. The normalized spacial score (nSPS) is 28.1. The molecule has 2 atom stereocenters. The fourth-order valence-electron chi connectivity index (χ4n) is 2.70. The zero-order chi connectivity index (χ0) is 13.2. The molecule has 1 aliphatic rings. The van der Waals surface area contributed by atoms with Crippen molar-refractivity contribution in [2.24, 2.45) is 0 Å².